The number of nitrogens with two attached hydrogens (primary N) is 1. The Balaban J connectivity index is 2.68. The van der Waals surface area contributed by atoms with Gasteiger partial charge in [-0.2, -0.15) is 14.0 Å². The molecule has 0 spiro atoms. The van der Waals surface area contributed by atoms with Crippen molar-refractivity contribution in [2.24, 2.45) is 5.73 Å². The molecule has 0 saturated heterocycles. The van der Waals surface area contributed by atoms with E-state index in [9.17, 15) is 8.78 Å². The van der Waals surface area contributed by atoms with Crippen LogP contribution in [0.4, 0.5) is 8.78 Å². The first kappa shape index (κ1) is 11.4. The largest absolute Gasteiger partial charge is 0.435 e. The molecule has 15 heavy (non-hydrogen) atoms. The second kappa shape index (κ2) is 5.27. The van der Waals surface area contributed by atoms with Gasteiger partial charge in [0.2, 0.25) is 0 Å². The molecular formula is C10H10F2N2O. The zero-order chi connectivity index (χ0) is 11.3. The van der Waals surface area contributed by atoms with Crippen LogP contribution in [-0.2, 0) is 0 Å². The number of ether oxygens (including phenoxy) is 1. The van der Waals surface area contributed by atoms with Gasteiger partial charge in [-0.3, -0.25) is 0 Å². The van der Waals surface area contributed by atoms with E-state index in [1.807, 2.05) is 6.07 Å². The third kappa shape index (κ3) is 3.52. The average Bonchev–Trinajstić information content (AvgIpc) is 2.18. The van der Waals surface area contributed by atoms with Gasteiger partial charge in [0.15, 0.2) is 0 Å². The Kier molecular flexibility index (Phi) is 4.01. The lowest BCUT2D eigenvalue weighted by atomic mass is 10.1. The highest BCUT2D eigenvalue weighted by Gasteiger charge is 2.07. The molecule has 80 valence electrons. The molecule has 1 aromatic rings. The summed E-state index contributed by atoms with van der Waals surface area (Å²) in [6, 6.07) is 7.48. The minimum Gasteiger partial charge on any atom is -0.435 e. The highest BCUT2D eigenvalue weighted by molar-refractivity contribution is 5.29. The molecule has 5 heteroatoms. The second-order valence-electron chi connectivity index (χ2n) is 2.92. The maximum atomic E-state index is 11.8. The lowest BCUT2D eigenvalue weighted by Gasteiger charge is -2.09. The lowest BCUT2D eigenvalue weighted by molar-refractivity contribution is -0.0498. The summed E-state index contributed by atoms with van der Waals surface area (Å²) >= 11 is 0. The minimum absolute atomic E-state index is 0.0814. The standard InChI is InChI=1S/C10H10F2N2O/c11-10(12)15-8-3-1-7(2-4-8)9(14)5-6-13/h1-4,9-10H,5,14H2/t9-/m1/s1. The van der Waals surface area contributed by atoms with Crippen molar-refractivity contribution in [3.05, 3.63) is 29.8 Å². The third-order valence-corrected chi connectivity index (χ3v) is 1.84. The molecule has 0 fully saturated rings. The number of hydrogen-bond acceptors (Lipinski definition) is 3. The summed E-state index contributed by atoms with van der Waals surface area (Å²) in [6.45, 7) is -2.83. The Morgan fingerprint density at radius 1 is 1.33 bits per heavy atom. The Labute approximate surface area is 86.1 Å². The summed E-state index contributed by atoms with van der Waals surface area (Å²) in [5.41, 5.74) is 6.37. The van der Waals surface area contributed by atoms with E-state index in [4.69, 9.17) is 11.0 Å². The van der Waals surface area contributed by atoms with Gasteiger partial charge in [0, 0.05) is 6.04 Å². The van der Waals surface area contributed by atoms with Crippen LogP contribution < -0.4 is 10.5 Å². The van der Waals surface area contributed by atoms with Crippen molar-refractivity contribution in [3.63, 3.8) is 0 Å². The second-order valence-corrected chi connectivity index (χ2v) is 2.92. The van der Waals surface area contributed by atoms with Crippen molar-refractivity contribution in [3.8, 4) is 11.8 Å². The molecule has 0 saturated carbocycles. The van der Waals surface area contributed by atoms with Crippen LogP contribution in [0.15, 0.2) is 24.3 Å². The Hall–Kier alpha value is -1.67. The first-order valence-corrected chi connectivity index (χ1v) is 4.31. The van der Waals surface area contributed by atoms with E-state index in [0.29, 0.717) is 0 Å². The van der Waals surface area contributed by atoms with Crippen LogP contribution in [0, 0.1) is 11.3 Å². The Bertz CT molecular complexity index is 345. The molecule has 0 amide bonds. The molecule has 0 aromatic heterocycles. The molecular weight excluding hydrogens is 202 g/mol. The summed E-state index contributed by atoms with van der Waals surface area (Å²) in [6.07, 6.45) is 0.190. The van der Waals surface area contributed by atoms with Crippen molar-refractivity contribution in [2.75, 3.05) is 0 Å². The molecule has 0 heterocycles. The maximum absolute atomic E-state index is 11.8. The number of rotatable bonds is 4. The monoisotopic (exact) mass is 212 g/mol. The van der Waals surface area contributed by atoms with E-state index in [1.54, 1.807) is 12.1 Å². The van der Waals surface area contributed by atoms with Gasteiger partial charge >= 0.3 is 6.61 Å². The van der Waals surface area contributed by atoms with Gasteiger partial charge < -0.3 is 10.5 Å². The van der Waals surface area contributed by atoms with Gasteiger partial charge in [-0.15, -0.1) is 0 Å². The summed E-state index contributed by atoms with van der Waals surface area (Å²) in [7, 11) is 0. The number of nitrogens with zero attached hydrogens (tertiary/aromatic N) is 1. The van der Waals surface area contributed by atoms with Gasteiger partial charge in [-0.25, -0.2) is 0 Å². The normalized spacial score (nSPS) is 12.2. The number of halogens is 2. The molecule has 1 rings (SSSR count). The van der Waals surface area contributed by atoms with Crippen LogP contribution in [0.3, 0.4) is 0 Å². The number of nitriles is 1. The topological polar surface area (TPSA) is 59.0 Å². The van der Waals surface area contributed by atoms with E-state index in [-0.39, 0.29) is 12.2 Å². The molecule has 0 aliphatic rings. The third-order valence-electron chi connectivity index (χ3n) is 1.84. The number of benzene rings is 1. The van der Waals surface area contributed by atoms with Gasteiger partial charge in [0.05, 0.1) is 12.5 Å². The summed E-state index contributed by atoms with van der Waals surface area (Å²) in [5, 5.41) is 8.42. The summed E-state index contributed by atoms with van der Waals surface area (Å²) in [4.78, 5) is 0. The van der Waals surface area contributed by atoms with Crippen LogP contribution in [0.5, 0.6) is 5.75 Å². The average molecular weight is 212 g/mol. The van der Waals surface area contributed by atoms with E-state index in [0.717, 1.165) is 5.56 Å². The molecule has 0 radical (unpaired) electrons. The maximum Gasteiger partial charge on any atom is 0.387 e. The number of hydrogen-bond donors (Lipinski definition) is 1. The molecule has 0 aliphatic carbocycles. The molecule has 2 N–H and O–H groups in total. The Morgan fingerprint density at radius 2 is 1.93 bits per heavy atom. The molecule has 1 atom stereocenters. The van der Waals surface area contributed by atoms with E-state index >= 15 is 0 Å². The quantitative estimate of drug-likeness (QED) is 0.832. The smallest absolute Gasteiger partial charge is 0.387 e. The van der Waals surface area contributed by atoms with E-state index in [2.05, 4.69) is 4.74 Å². The fourth-order valence-corrected chi connectivity index (χ4v) is 1.11. The van der Waals surface area contributed by atoms with Crippen molar-refractivity contribution < 1.29 is 13.5 Å². The fraction of sp³-hybridized carbons (Fsp3) is 0.300. The fourth-order valence-electron chi connectivity index (χ4n) is 1.11. The predicted molar refractivity (Wildman–Crippen MR) is 50.2 cm³/mol. The van der Waals surface area contributed by atoms with Crippen LogP contribution in [-0.4, -0.2) is 6.61 Å². The highest BCUT2D eigenvalue weighted by atomic mass is 19.3. The van der Waals surface area contributed by atoms with Crippen LogP contribution in [0.25, 0.3) is 0 Å². The first-order chi connectivity index (χ1) is 7.13. The van der Waals surface area contributed by atoms with Gasteiger partial charge in [0.1, 0.15) is 5.75 Å². The van der Waals surface area contributed by atoms with Crippen molar-refractivity contribution >= 4 is 0 Å². The summed E-state index contributed by atoms with van der Waals surface area (Å²) < 4.78 is 27.8. The summed E-state index contributed by atoms with van der Waals surface area (Å²) in [5.74, 6) is 0.0814. The predicted octanol–water partition coefficient (Wildman–Crippen LogP) is 2.20. The van der Waals surface area contributed by atoms with Gasteiger partial charge in [-0.05, 0) is 17.7 Å². The van der Waals surface area contributed by atoms with Crippen molar-refractivity contribution in [1.29, 1.82) is 5.26 Å². The SMILES string of the molecule is N#CC[C@@H](N)c1ccc(OC(F)F)cc1. The van der Waals surface area contributed by atoms with Crippen LogP contribution in [0.1, 0.15) is 18.0 Å². The molecule has 1 aromatic carbocycles. The number of alkyl halides is 2. The minimum atomic E-state index is -2.83. The molecule has 0 unspecified atom stereocenters. The molecule has 0 aliphatic heterocycles. The van der Waals surface area contributed by atoms with Crippen LogP contribution >= 0.6 is 0 Å². The van der Waals surface area contributed by atoms with E-state index in [1.165, 1.54) is 12.1 Å². The highest BCUT2D eigenvalue weighted by Crippen LogP contribution is 2.19. The van der Waals surface area contributed by atoms with Gasteiger partial charge in [-0.1, -0.05) is 12.1 Å². The zero-order valence-corrected chi connectivity index (χ0v) is 7.86. The lowest BCUT2D eigenvalue weighted by Crippen LogP contribution is -2.09. The first-order valence-electron chi connectivity index (χ1n) is 4.31. The Morgan fingerprint density at radius 3 is 2.40 bits per heavy atom. The van der Waals surface area contributed by atoms with Crippen LogP contribution in [0.2, 0.25) is 0 Å². The van der Waals surface area contributed by atoms with Gasteiger partial charge in [0.25, 0.3) is 0 Å². The zero-order valence-electron chi connectivity index (χ0n) is 7.86. The van der Waals surface area contributed by atoms with Crippen molar-refractivity contribution in [2.45, 2.75) is 19.1 Å². The van der Waals surface area contributed by atoms with E-state index < -0.39 is 12.7 Å². The van der Waals surface area contributed by atoms with Crippen molar-refractivity contribution in [1.82, 2.24) is 0 Å². The molecule has 0 bridgehead atoms. The molecule has 3 nitrogen and oxygen atoms in total.